The molecule has 3 nitrogen and oxygen atoms in total. The molecule has 0 aromatic carbocycles. The predicted octanol–water partition coefficient (Wildman–Crippen LogP) is 1.68. The maximum absolute atomic E-state index is 11.4. The molecule has 3 unspecified atom stereocenters. The van der Waals surface area contributed by atoms with E-state index in [2.05, 4.69) is 31.4 Å². The first-order valence-corrected chi connectivity index (χ1v) is 6.16. The Morgan fingerprint density at radius 2 is 2.27 bits per heavy atom. The summed E-state index contributed by atoms with van der Waals surface area (Å²) < 4.78 is 0. The summed E-state index contributed by atoms with van der Waals surface area (Å²) >= 11 is 0. The second-order valence-corrected chi connectivity index (χ2v) is 4.73. The van der Waals surface area contributed by atoms with Gasteiger partial charge in [0, 0.05) is 25.0 Å². The lowest BCUT2D eigenvalue weighted by molar-refractivity contribution is -0.121. The summed E-state index contributed by atoms with van der Waals surface area (Å²) in [5, 5.41) is 6.49. The number of nitrogens with one attached hydrogen (secondary N) is 2. The zero-order valence-electron chi connectivity index (χ0n) is 10.2. The van der Waals surface area contributed by atoms with Crippen LogP contribution in [0.25, 0.3) is 0 Å². The first-order valence-electron chi connectivity index (χ1n) is 6.16. The van der Waals surface area contributed by atoms with E-state index in [9.17, 15) is 4.79 Å². The molecule has 0 saturated carbocycles. The Hall–Kier alpha value is -0.570. The topological polar surface area (TPSA) is 41.1 Å². The van der Waals surface area contributed by atoms with E-state index in [0.29, 0.717) is 24.4 Å². The Morgan fingerprint density at radius 1 is 1.53 bits per heavy atom. The molecule has 3 heteroatoms. The van der Waals surface area contributed by atoms with Crippen LogP contribution in [-0.4, -0.2) is 24.5 Å². The Labute approximate surface area is 93.0 Å². The van der Waals surface area contributed by atoms with Crippen LogP contribution >= 0.6 is 0 Å². The lowest BCUT2D eigenvalue weighted by atomic mass is 9.98. The number of hydrogen-bond acceptors (Lipinski definition) is 2. The van der Waals surface area contributed by atoms with Gasteiger partial charge < -0.3 is 10.6 Å². The van der Waals surface area contributed by atoms with Gasteiger partial charge in [0.1, 0.15) is 0 Å². The molecule has 0 radical (unpaired) electrons. The fourth-order valence-corrected chi connectivity index (χ4v) is 2.01. The van der Waals surface area contributed by atoms with Gasteiger partial charge in [-0.05, 0) is 25.7 Å². The molecule has 1 aliphatic heterocycles. The minimum absolute atomic E-state index is 0.196. The maximum Gasteiger partial charge on any atom is 0.221 e. The molecular formula is C12H24N2O. The first-order chi connectivity index (χ1) is 7.13. The van der Waals surface area contributed by atoms with E-state index in [-0.39, 0.29) is 5.91 Å². The highest BCUT2D eigenvalue weighted by Gasteiger charge is 2.20. The zero-order valence-corrected chi connectivity index (χ0v) is 10.2. The van der Waals surface area contributed by atoms with Crippen LogP contribution in [-0.2, 0) is 4.79 Å². The van der Waals surface area contributed by atoms with E-state index in [0.717, 1.165) is 19.4 Å². The highest BCUT2D eigenvalue weighted by atomic mass is 16.1. The molecule has 1 aliphatic rings. The van der Waals surface area contributed by atoms with Gasteiger partial charge in [0.05, 0.1) is 0 Å². The first kappa shape index (κ1) is 12.5. The van der Waals surface area contributed by atoms with E-state index >= 15 is 0 Å². The Kier molecular flexibility index (Phi) is 5.09. The summed E-state index contributed by atoms with van der Waals surface area (Å²) in [6.45, 7) is 7.53. The average Bonchev–Trinajstić information content (AvgIpc) is 2.41. The van der Waals surface area contributed by atoms with Gasteiger partial charge in [-0.25, -0.2) is 0 Å². The molecule has 0 bridgehead atoms. The van der Waals surface area contributed by atoms with Crippen LogP contribution in [0.5, 0.6) is 0 Å². The smallest absolute Gasteiger partial charge is 0.221 e. The van der Waals surface area contributed by atoms with E-state index < -0.39 is 0 Å². The molecule has 1 heterocycles. The summed E-state index contributed by atoms with van der Waals surface area (Å²) in [6.07, 6.45) is 4.03. The zero-order chi connectivity index (χ0) is 11.3. The third-order valence-electron chi connectivity index (χ3n) is 3.48. The fourth-order valence-electron chi connectivity index (χ4n) is 2.01. The lowest BCUT2D eigenvalue weighted by Gasteiger charge is -2.25. The van der Waals surface area contributed by atoms with Gasteiger partial charge in [0.2, 0.25) is 5.91 Å². The number of carbonyl (C=O) groups excluding carboxylic acids is 1. The SMILES string of the molecule is CCC(C)C(C)NC1CCCNC(=O)C1. The van der Waals surface area contributed by atoms with Gasteiger partial charge in [-0.15, -0.1) is 0 Å². The van der Waals surface area contributed by atoms with Crippen LogP contribution in [0, 0.1) is 5.92 Å². The van der Waals surface area contributed by atoms with Crippen molar-refractivity contribution in [2.24, 2.45) is 5.92 Å². The monoisotopic (exact) mass is 212 g/mol. The van der Waals surface area contributed by atoms with Crippen molar-refractivity contribution in [2.75, 3.05) is 6.54 Å². The van der Waals surface area contributed by atoms with Crippen LogP contribution < -0.4 is 10.6 Å². The summed E-state index contributed by atoms with van der Waals surface area (Å²) in [6, 6.07) is 0.877. The van der Waals surface area contributed by atoms with Crippen LogP contribution in [0.3, 0.4) is 0 Å². The predicted molar refractivity (Wildman–Crippen MR) is 62.7 cm³/mol. The van der Waals surface area contributed by atoms with Crippen molar-refractivity contribution in [3.63, 3.8) is 0 Å². The van der Waals surface area contributed by atoms with Crippen molar-refractivity contribution in [1.82, 2.24) is 10.6 Å². The van der Waals surface area contributed by atoms with Crippen LogP contribution in [0.1, 0.15) is 46.5 Å². The second kappa shape index (κ2) is 6.11. The van der Waals surface area contributed by atoms with Crippen molar-refractivity contribution < 1.29 is 4.79 Å². The van der Waals surface area contributed by atoms with E-state index in [4.69, 9.17) is 0 Å². The second-order valence-electron chi connectivity index (χ2n) is 4.73. The van der Waals surface area contributed by atoms with Crippen molar-refractivity contribution in [2.45, 2.75) is 58.5 Å². The lowest BCUT2D eigenvalue weighted by Crippen LogP contribution is -2.41. The molecular weight excluding hydrogens is 188 g/mol. The Morgan fingerprint density at radius 3 is 2.93 bits per heavy atom. The summed E-state index contributed by atoms with van der Waals surface area (Å²) in [7, 11) is 0. The van der Waals surface area contributed by atoms with E-state index in [1.807, 2.05) is 0 Å². The summed E-state index contributed by atoms with van der Waals surface area (Å²) in [4.78, 5) is 11.4. The van der Waals surface area contributed by atoms with Crippen LogP contribution in [0.15, 0.2) is 0 Å². The Balaban J connectivity index is 2.38. The molecule has 0 aromatic heterocycles. The third-order valence-corrected chi connectivity index (χ3v) is 3.48. The van der Waals surface area contributed by atoms with Gasteiger partial charge in [0.25, 0.3) is 0 Å². The molecule has 0 spiro atoms. The molecule has 1 amide bonds. The minimum atomic E-state index is 0.196. The summed E-state index contributed by atoms with van der Waals surface area (Å²) in [5.74, 6) is 0.873. The van der Waals surface area contributed by atoms with Crippen LogP contribution in [0.4, 0.5) is 0 Å². The van der Waals surface area contributed by atoms with E-state index in [1.54, 1.807) is 0 Å². The minimum Gasteiger partial charge on any atom is -0.356 e. The maximum atomic E-state index is 11.4. The number of hydrogen-bond donors (Lipinski definition) is 2. The molecule has 1 rings (SSSR count). The largest absolute Gasteiger partial charge is 0.356 e. The highest BCUT2D eigenvalue weighted by molar-refractivity contribution is 5.76. The Bertz CT molecular complexity index is 206. The molecule has 1 fully saturated rings. The fraction of sp³-hybridized carbons (Fsp3) is 0.917. The van der Waals surface area contributed by atoms with Crippen molar-refractivity contribution in [3.8, 4) is 0 Å². The number of amides is 1. The van der Waals surface area contributed by atoms with Gasteiger partial charge in [-0.3, -0.25) is 4.79 Å². The van der Waals surface area contributed by atoms with Crippen molar-refractivity contribution >= 4 is 5.91 Å². The molecule has 3 atom stereocenters. The molecule has 0 aromatic rings. The average molecular weight is 212 g/mol. The van der Waals surface area contributed by atoms with Crippen molar-refractivity contribution in [1.29, 1.82) is 0 Å². The molecule has 2 N–H and O–H groups in total. The number of carbonyl (C=O) groups is 1. The van der Waals surface area contributed by atoms with Gasteiger partial charge in [-0.1, -0.05) is 20.3 Å². The van der Waals surface area contributed by atoms with Gasteiger partial charge in [-0.2, -0.15) is 0 Å². The van der Waals surface area contributed by atoms with Gasteiger partial charge in [0.15, 0.2) is 0 Å². The molecule has 0 aliphatic carbocycles. The van der Waals surface area contributed by atoms with Crippen LogP contribution in [0.2, 0.25) is 0 Å². The molecule has 15 heavy (non-hydrogen) atoms. The molecule has 1 saturated heterocycles. The third kappa shape index (κ3) is 4.20. The normalized spacial score (nSPS) is 26.6. The number of rotatable bonds is 4. The standard InChI is InChI=1S/C12H24N2O/c1-4-9(2)10(3)14-11-6-5-7-13-12(15)8-11/h9-11,14H,4-8H2,1-3H3,(H,13,15). The summed E-state index contributed by atoms with van der Waals surface area (Å²) in [5.41, 5.74) is 0. The van der Waals surface area contributed by atoms with Crippen molar-refractivity contribution in [3.05, 3.63) is 0 Å². The van der Waals surface area contributed by atoms with Gasteiger partial charge >= 0.3 is 0 Å². The highest BCUT2D eigenvalue weighted by Crippen LogP contribution is 2.12. The molecule has 88 valence electrons. The van der Waals surface area contributed by atoms with E-state index in [1.165, 1.54) is 6.42 Å². The quantitative estimate of drug-likeness (QED) is 0.744.